The fourth-order valence-electron chi connectivity index (χ4n) is 3.72. The highest BCUT2D eigenvalue weighted by molar-refractivity contribution is 6.52. The van der Waals surface area contributed by atoms with Crippen molar-refractivity contribution in [2.24, 2.45) is 5.92 Å². The van der Waals surface area contributed by atoms with Crippen molar-refractivity contribution < 1.29 is 18.8 Å². The SMILES string of the molecule is O=C1C(=O)N(CN2CCC(C(=O)Nc3ccccc3)CC2)c2ccc(F)cc21. The fraction of sp³-hybridized carbons (Fsp3) is 0.286. The highest BCUT2D eigenvalue weighted by Crippen LogP contribution is 2.30. The van der Waals surface area contributed by atoms with Crippen LogP contribution in [0.5, 0.6) is 0 Å². The van der Waals surface area contributed by atoms with Gasteiger partial charge in [0.2, 0.25) is 5.91 Å². The first-order chi connectivity index (χ1) is 13.5. The number of para-hydroxylation sites is 1. The van der Waals surface area contributed by atoms with E-state index in [2.05, 4.69) is 5.32 Å². The van der Waals surface area contributed by atoms with Crippen LogP contribution in [0.1, 0.15) is 23.2 Å². The van der Waals surface area contributed by atoms with Crippen molar-refractivity contribution in [2.45, 2.75) is 12.8 Å². The monoisotopic (exact) mass is 381 g/mol. The highest BCUT2D eigenvalue weighted by atomic mass is 19.1. The zero-order chi connectivity index (χ0) is 19.7. The van der Waals surface area contributed by atoms with Gasteiger partial charge in [-0.2, -0.15) is 0 Å². The van der Waals surface area contributed by atoms with Gasteiger partial charge in [0.1, 0.15) is 5.82 Å². The number of hydrogen-bond acceptors (Lipinski definition) is 4. The first kappa shape index (κ1) is 18.3. The van der Waals surface area contributed by atoms with Gasteiger partial charge in [0.05, 0.1) is 17.9 Å². The summed E-state index contributed by atoms with van der Waals surface area (Å²) >= 11 is 0. The Bertz CT molecular complexity index is 924. The Balaban J connectivity index is 1.36. The summed E-state index contributed by atoms with van der Waals surface area (Å²) in [6, 6.07) is 13.2. The van der Waals surface area contributed by atoms with E-state index in [9.17, 15) is 18.8 Å². The molecule has 7 heteroatoms. The van der Waals surface area contributed by atoms with E-state index in [1.807, 2.05) is 35.2 Å². The number of Topliss-reactive ketones (excluding diaryl/α,β-unsaturated/α-hetero) is 1. The van der Waals surface area contributed by atoms with Crippen LogP contribution in [0.3, 0.4) is 0 Å². The maximum absolute atomic E-state index is 13.4. The van der Waals surface area contributed by atoms with E-state index < -0.39 is 17.5 Å². The molecule has 2 heterocycles. The summed E-state index contributed by atoms with van der Waals surface area (Å²) in [6.45, 7) is 1.54. The molecular weight excluding hydrogens is 361 g/mol. The molecule has 4 rings (SSSR count). The number of ketones is 1. The van der Waals surface area contributed by atoms with Crippen molar-refractivity contribution in [3.63, 3.8) is 0 Å². The van der Waals surface area contributed by atoms with Gasteiger partial charge in [-0.25, -0.2) is 4.39 Å². The van der Waals surface area contributed by atoms with Gasteiger partial charge in [-0.3, -0.25) is 24.2 Å². The lowest BCUT2D eigenvalue weighted by molar-refractivity contribution is -0.121. The number of nitrogens with zero attached hydrogens (tertiary/aromatic N) is 2. The zero-order valence-corrected chi connectivity index (χ0v) is 15.2. The van der Waals surface area contributed by atoms with E-state index in [0.717, 1.165) is 11.8 Å². The average molecular weight is 381 g/mol. The molecule has 144 valence electrons. The highest BCUT2D eigenvalue weighted by Gasteiger charge is 2.37. The first-order valence-electron chi connectivity index (χ1n) is 9.27. The van der Waals surface area contributed by atoms with Gasteiger partial charge in [-0.05, 0) is 43.2 Å². The van der Waals surface area contributed by atoms with E-state index in [1.54, 1.807) is 0 Å². The average Bonchev–Trinajstić information content (AvgIpc) is 2.94. The summed E-state index contributed by atoms with van der Waals surface area (Å²) in [7, 11) is 0. The number of fused-ring (bicyclic) bond motifs is 1. The third-order valence-corrected chi connectivity index (χ3v) is 5.27. The molecule has 0 saturated carbocycles. The largest absolute Gasteiger partial charge is 0.326 e. The molecule has 6 nitrogen and oxygen atoms in total. The second-order valence-electron chi connectivity index (χ2n) is 7.11. The van der Waals surface area contributed by atoms with Crippen LogP contribution < -0.4 is 10.2 Å². The molecule has 2 aliphatic rings. The third kappa shape index (κ3) is 3.53. The molecule has 0 bridgehead atoms. The van der Waals surface area contributed by atoms with Crippen molar-refractivity contribution >= 4 is 29.0 Å². The van der Waals surface area contributed by atoms with Gasteiger partial charge in [0.25, 0.3) is 5.78 Å². The fourth-order valence-corrected chi connectivity index (χ4v) is 3.72. The molecule has 2 aromatic carbocycles. The maximum atomic E-state index is 13.4. The van der Waals surface area contributed by atoms with Gasteiger partial charge in [0.15, 0.2) is 0 Å². The van der Waals surface area contributed by atoms with Crippen molar-refractivity contribution in [2.75, 3.05) is 30.0 Å². The van der Waals surface area contributed by atoms with Gasteiger partial charge in [0, 0.05) is 24.7 Å². The summed E-state index contributed by atoms with van der Waals surface area (Å²) in [4.78, 5) is 40.2. The second kappa shape index (κ2) is 7.52. The van der Waals surface area contributed by atoms with Crippen LogP contribution in [0, 0.1) is 11.7 Å². The number of carbonyl (C=O) groups is 3. The molecule has 0 atom stereocenters. The minimum absolute atomic E-state index is 0.000836. The summed E-state index contributed by atoms with van der Waals surface area (Å²) in [5, 5.41) is 2.93. The molecule has 1 N–H and O–H groups in total. The number of carbonyl (C=O) groups excluding carboxylic acids is 3. The Labute approximate surface area is 161 Å². The molecule has 2 aromatic rings. The number of rotatable bonds is 4. The van der Waals surface area contributed by atoms with Crippen molar-refractivity contribution in [1.29, 1.82) is 0 Å². The van der Waals surface area contributed by atoms with E-state index in [-0.39, 0.29) is 24.1 Å². The van der Waals surface area contributed by atoms with Gasteiger partial charge in [-0.1, -0.05) is 18.2 Å². The Morgan fingerprint density at radius 3 is 2.50 bits per heavy atom. The lowest BCUT2D eigenvalue weighted by Crippen LogP contribution is -2.45. The molecule has 0 radical (unpaired) electrons. The summed E-state index contributed by atoms with van der Waals surface area (Å²) in [5.41, 5.74) is 1.34. The Morgan fingerprint density at radius 2 is 1.79 bits per heavy atom. The topological polar surface area (TPSA) is 69.7 Å². The lowest BCUT2D eigenvalue weighted by Gasteiger charge is -2.33. The van der Waals surface area contributed by atoms with Crippen LogP contribution in [0.2, 0.25) is 0 Å². The molecule has 1 fully saturated rings. The number of anilines is 2. The predicted molar refractivity (Wildman–Crippen MR) is 102 cm³/mol. The number of piperidine rings is 1. The quantitative estimate of drug-likeness (QED) is 0.827. The van der Waals surface area contributed by atoms with Gasteiger partial charge in [-0.15, -0.1) is 0 Å². The third-order valence-electron chi connectivity index (χ3n) is 5.27. The minimum atomic E-state index is -0.674. The number of amides is 2. The molecule has 2 aliphatic heterocycles. The first-order valence-corrected chi connectivity index (χ1v) is 9.27. The lowest BCUT2D eigenvalue weighted by atomic mass is 9.96. The molecule has 0 aromatic heterocycles. The Kier molecular flexibility index (Phi) is 4.92. The van der Waals surface area contributed by atoms with Crippen molar-refractivity contribution in [3.05, 3.63) is 59.9 Å². The van der Waals surface area contributed by atoms with Crippen LogP contribution in [-0.2, 0) is 9.59 Å². The molecular formula is C21H20FN3O3. The molecule has 0 spiro atoms. The summed E-state index contributed by atoms with van der Waals surface area (Å²) < 4.78 is 13.4. The van der Waals surface area contributed by atoms with Gasteiger partial charge < -0.3 is 5.32 Å². The van der Waals surface area contributed by atoms with E-state index in [4.69, 9.17) is 0 Å². The minimum Gasteiger partial charge on any atom is -0.326 e. The normalized spacial score (nSPS) is 17.7. The second-order valence-corrected chi connectivity index (χ2v) is 7.11. The number of halogens is 1. The number of nitrogens with one attached hydrogen (secondary N) is 1. The van der Waals surface area contributed by atoms with Crippen LogP contribution in [0.15, 0.2) is 48.5 Å². The molecule has 1 saturated heterocycles. The smallest absolute Gasteiger partial charge is 0.300 e. The summed E-state index contributed by atoms with van der Waals surface area (Å²) in [5.74, 6) is -1.93. The Hall–Kier alpha value is -3.06. The van der Waals surface area contributed by atoms with E-state index >= 15 is 0 Å². The Morgan fingerprint density at radius 1 is 1.07 bits per heavy atom. The summed E-state index contributed by atoms with van der Waals surface area (Å²) in [6.07, 6.45) is 1.34. The van der Waals surface area contributed by atoms with Crippen LogP contribution in [0.4, 0.5) is 15.8 Å². The standard InChI is InChI=1S/C21H20FN3O3/c22-15-6-7-18-17(12-15)19(26)21(28)25(18)13-24-10-8-14(9-11-24)20(27)23-16-4-2-1-3-5-16/h1-7,12,14H,8-11,13H2,(H,23,27). The van der Waals surface area contributed by atoms with Crippen LogP contribution in [-0.4, -0.2) is 42.3 Å². The zero-order valence-electron chi connectivity index (χ0n) is 15.2. The van der Waals surface area contributed by atoms with Crippen molar-refractivity contribution in [1.82, 2.24) is 4.90 Å². The molecule has 0 aliphatic carbocycles. The number of likely N-dealkylation sites (tertiary alicyclic amines) is 1. The molecule has 2 amide bonds. The number of hydrogen-bond donors (Lipinski definition) is 1. The van der Waals surface area contributed by atoms with Crippen LogP contribution in [0.25, 0.3) is 0 Å². The van der Waals surface area contributed by atoms with Crippen LogP contribution >= 0.6 is 0 Å². The molecule has 28 heavy (non-hydrogen) atoms. The molecule has 0 unspecified atom stereocenters. The van der Waals surface area contributed by atoms with Gasteiger partial charge >= 0.3 is 5.91 Å². The van der Waals surface area contributed by atoms with E-state index in [1.165, 1.54) is 17.0 Å². The number of benzene rings is 2. The predicted octanol–water partition coefficient (Wildman–Crippen LogP) is 2.66. The maximum Gasteiger partial charge on any atom is 0.300 e. The van der Waals surface area contributed by atoms with E-state index in [0.29, 0.717) is 31.6 Å². The van der Waals surface area contributed by atoms with Crippen molar-refractivity contribution in [3.8, 4) is 0 Å².